The zero-order chi connectivity index (χ0) is 12.4. The van der Waals surface area contributed by atoms with Crippen molar-refractivity contribution < 1.29 is 25.5 Å². The molecule has 0 spiro atoms. The van der Waals surface area contributed by atoms with Crippen molar-refractivity contribution in [2.24, 2.45) is 0 Å². The van der Waals surface area contributed by atoms with Gasteiger partial charge in [-0.3, -0.25) is 0 Å². The number of hydrogen-bond acceptors (Lipinski definition) is 7. The van der Waals surface area contributed by atoms with Gasteiger partial charge in [-0.1, -0.05) is 0 Å². The molecule has 0 amide bonds. The highest BCUT2D eigenvalue weighted by atomic mass is 16.3. The molecule has 0 saturated carbocycles. The first-order chi connectivity index (χ1) is 7.60. The molecule has 0 bridgehead atoms. The van der Waals surface area contributed by atoms with Crippen molar-refractivity contribution in [1.29, 1.82) is 0 Å². The van der Waals surface area contributed by atoms with Gasteiger partial charge in [0, 0.05) is 26.2 Å². The van der Waals surface area contributed by atoms with E-state index in [2.05, 4.69) is 10.6 Å². The minimum Gasteiger partial charge on any atom is -0.394 e. The summed E-state index contributed by atoms with van der Waals surface area (Å²) in [4.78, 5) is 0. The van der Waals surface area contributed by atoms with E-state index < -0.39 is 18.3 Å². The number of hydrogen-bond donors (Lipinski definition) is 7. The second-order valence-electron chi connectivity index (χ2n) is 3.64. The van der Waals surface area contributed by atoms with Crippen molar-refractivity contribution in [3.05, 3.63) is 0 Å². The first-order valence-electron chi connectivity index (χ1n) is 5.27. The Morgan fingerprint density at radius 2 is 0.938 bits per heavy atom. The van der Waals surface area contributed by atoms with Crippen molar-refractivity contribution in [3.8, 4) is 0 Å². The lowest BCUT2D eigenvalue weighted by atomic mass is 10.3. The van der Waals surface area contributed by atoms with Crippen LogP contribution in [0.2, 0.25) is 0 Å². The molecular weight excluding hydrogens is 216 g/mol. The molecule has 7 heteroatoms. The van der Waals surface area contributed by atoms with Crippen LogP contribution in [0.25, 0.3) is 0 Å². The summed E-state index contributed by atoms with van der Waals surface area (Å²) < 4.78 is 0. The first kappa shape index (κ1) is 15.7. The average molecular weight is 238 g/mol. The van der Waals surface area contributed by atoms with Crippen LogP contribution >= 0.6 is 0 Å². The molecule has 0 aromatic carbocycles. The molecule has 0 heterocycles. The quantitative estimate of drug-likeness (QED) is 0.208. The third-order valence-electron chi connectivity index (χ3n) is 1.94. The smallest absolute Gasteiger partial charge is 0.0894 e. The third-order valence-corrected chi connectivity index (χ3v) is 1.94. The van der Waals surface area contributed by atoms with Crippen molar-refractivity contribution in [2.45, 2.75) is 18.3 Å². The van der Waals surface area contributed by atoms with Crippen molar-refractivity contribution >= 4 is 0 Å². The highest BCUT2D eigenvalue weighted by Gasteiger charge is 2.07. The Morgan fingerprint density at radius 1 is 0.625 bits per heavy atom. The first-order valence-corrected chi connectivity index (χ1v) is 5.27. The predicted octanol–water partition coefficient (Wildman–Crippen LogP) is -3.77. The molecule has 7 N–H and O–H groups in total. The molecule has 0 aliphatic heterocycles. The third kappa shape index (κ3) is 8.98. The Kier molecular flexibility index (Phi) is 9.74. The average Bonchev–Trinajstić information content (AvgIpc) is 2.28. The maximum absolute atomic E-state index is 9.41. The molecular formula is C9H22N2O5. The van der Waals surface area contributed by atoms with Gasteiger partial charge in [0.2, 0.25) is 0 Å². The highest BCUT2D eigenvalue weighted by molar-refractivity contribution is 4.66. The maximum atomic E-state index is 9.41. The number of nitrogens with one attached hydrogen (secondary N) is 2. The summed E-state index contributed by atoms with van der Waals surface area (Å²) in [7, 11) is 0. The lowest BCUT2D eigenvalue weighted by Crippen LogP contribution is -2.41. The van der Waals surface area contributed by atoms with E-state index in [9.17, 15) is 5.11 Å². The van der Waals surface area contributed by atoms with E-state index in [1.54, 1.807) is 0 Å². The van der Waals surface area contributed by atoms with Crippen LogP contribution in [-0.4, -0.2) is 83.2 Å². The lowest BCUT2D eigenvalue weighted by Gasteiger charge is -2.15. The normalized spacial score (nSPS) is 17.1. The Morgan fingerprint density at radius 3 is 1.25 bits per heavy atom. The molecule has 0 rings (SSSR count). The fourth-order valence-electron chi connectivity index (χ4n) is 1.03. The van der Waals surface area contributed by atoms with Gasteiger partial charge in [0.15, 0.2) is 0 Å². The molecule has 16 heavy (non-hydrogen) atoms. The second kappa shape index (κ2) is 9.91. The Hall–Kier alpha value is -0.280. The zero-order valence-electron chi connectivity index (χ0n) is 9.21. The standard InChI is InChI=1S/C9H22N2O5/c12-5-8(15)3-10-1-7(14)2-11-4-9(16)6-13/h7-16H,1-6H2. The van der Waals surface area contributed by atoms with Gasteiger partial charge >= 0.3 is 0 Å². The summed E-state index contributed by atoms with van der Waals surface area (Å²) in [5.41, 5.74) is 0. The van der Waals surface area contributed by atoms with Crippen molar-refractivity contribution in [1.82, 2.24) is 10.6 Å². The van der Waals surface area contributed by atoms with Crippen LogP contribution in [0, 0.1) is 0 Å². The van der Waals surface area contributed by atoms with E-state index in [1.165, 1.54) is 0 Å². The predicted molar refractivity (Wildman–Crippen MR) is 57.9 cm³/mol. The molecule has 0 aromatic rings. The van der Waals surface area contributed by atoms with E-state index in [0.29, 0.717) is 0 Å². The minimum atomic E-state index is -0.823. The molecule has 0 radical (unpaired) electrons. The van der Waals surface area contributed by atoms with E-state index in [0.717, 1.165) is 0 Å². The van der Waals surface area contributed by atoms with Gasteiger partial charge in [-0.05, 0) is 0 Å². The van der Waals surface area contributed by atoms with E-state index in [4.69, 9.17) is 20.4 Å². The SMILES string of the molecule is OCC(O)CNCC(O)CNCC(O)CO. The van der Waals surface area contributed by atoms with E-state index >= 15 is 0 Å². The topological polar surface area (TPSA) is 125 Å². The fraction of sp³-hybridized carbons (Fsp3) is 1.00. The number of aliphatic hydroxyl groups is 5. The summed E-state index contributed by atoms with van der Waals surface area (Å²) in [5, 5.41) is 49.9. The molecule has 98 valence electrons. The van der Waals surface area contributed by atoms with Crippen LogP contribution < -0.4 is 10.6 Å². The lowest BCUT2D eigenvalue weighted by molar-refractivity contribution is 0.0832. The summed E-state index contributed by atoms with van der Waals surface area (Å²) in [6, 6.07) is 0. The Bertz CT molecular complexity index is 145. The van der Waals surface area contributed by atoms with Gasteiger partial charge < -0.3 is 36.2 Å². The Labute approximate surface area is 94.7 Å². The molecule has 0 aromatic heterocycles. The summed E-state index contributed by atoms with van der Waals surface area (Å²) in [6.45, 7) is 0.353. The largest absolute Gasteiger partial charge is 0.394 e. The Balaban J connectivity index is 3.34. The molecule has 0 saturated heterocycles. The van der Waals surface area contributed by atoms with Crippen LogP contribution in [0.15, 0.2) is 0 Å². The summed E-state index contributed by atoms with van der Waals surface area (Å²) in [6.07, 6.45) is -2.30. The molecule has 0 aliphatic rings. The number of rotatable bonds is 10. The summed E-state index contributed by atoms with van der Waals surface area (Å²) in [5.74, 6) is 0. The van der Waals surface area contributed by atoms with Crippen molar-refractivity contribution in [2.75, 3.05) is 39.4 Å². The van der Waals surface area contributed by atoms with E-state index in [1.807, 2.05) is 0 Å². The van der Waals surface area contributed by atoms with Gasteiger partial charge in [0.05, 0.1) is 31.5 Å². The molecule has 2 atom stereocenters. The van der Waals surface area contributed by atoms with Crippen LogP contribution in [0.1, 0.15) is 0 Å². The monoisotopic (exact) mass is 238 g/mol. The number of aliphatic hydroxyl groups excluding tert-OH is 5. The molecule has 7 nitrogen and oxygen atoms in total. The van der Waals surface area contributed by atoms with Crippen LogP contribution in [-0.2, 0) is 0 Å². The van der Waals surface area contributed by atoms with E-state index in [-0.39, 0.29) is 39.4 Å². The van der Waals surface area contributed by atoms with Gasteiger partial charge in [-0.25, -0.2) is 0 Å². The van der Waals surface area contributed by atoms with Gasteiger partial charge in [0.1, 0.15) is 0 Å². The summed E-state index contributed by atoms with van der Waals surface area (Å²) >= 11 is 0. The fourth-order valence-corrected chi connectivity index (χ4v) is 1.03. The zero-order valence-corrected chi connectivity index (χ0v) is 9.21. The van der Waals surface area contributed by atoms with Crippen LogP contribution in [0.5, 0.6) is 0 Å². The maximum Gasteiger partial charge on any atom is 0.0894 e. The van der Waals surface area contributed by atoms with Crippen molar-refractivity contribution in [3.63, 3.8) is 0 Å². The highest BCUT2D eigenvalue weighted by Crippen LogP contribution is 1.82. The molecule has 0 aliphatic carbocycles. The van der Waals surface area contributed by atoms with Crippen LogP contribution in [0.3, 0.4) is 0 Å². The minimum absolute atomic E-state index is 0.215. The van der Waals surface area contributed by atoms with Gasteiger partial charge in [-0.2, -0.15) is 0 Å². The second-order valence-corrected chi connectivity index (χ2v) is 3.64. The van der Waals surface area contributed by atoms with Gasteiger partial charge in [-0.15, -0.1) is 0 Å². The molecule has 0 fully saturated rings. The molecule has 2 unspecified atom stereocenters. The van der Waals surface area contributed by atoms with Crippen LogP contribution in [0.4, 0.5) is 0 Å². The van der Waals surface area contributed by atoms with Gasteiger partial charge in [0.25, 0.3) is 0 Å².